The Kier molecular flexibility index (Phi) is 3.75. The summed E-state index contributed by atoms with van der Waals surface area (Å²) in [5, 5.41) is 0. The molecule has 3 heteroatoms. The molecule has 2 rings (SSSR count). The number of hydrogen-bond donors (Lipinski definition) is 1. The van der Waals surface area contributed by atoms with Crippen LogP contribution in [0.15, 0.2) is 54.6 Å². The van der Waals surface area contributed by atoms with E-state index in [2.05, 4.69) is 4.74 Å². The van der Waals surface area contributed by atoms with Gasteiger partial charge >= 0.3 is 5.97 Å². The topological polar surface area (TPSA) is 52.3 Å². The number of methoxy groups -OCH3 is 1. The van der Waals surface area contributed by atoms with Gasteiger partial charge in [0.15, 0.2) is 0 Å². The summed E-state index contributed by atoms with van der Waals surface area (Å²) in [6.45, 7) is 0. The standard InChI is InChI=1S/C15H15NO2/c1-18-15(17)14(16)13-9-7-12(8-10-13)11-5-3-2-4-6-11/h2-10,14H,16H2,1H3/t14-/m0/s1. The van der Waals surface area contributed by atoms with Crippen LogP contribution in [0.3, 0.4) is 0 Å². The largest absolute Gasteiger partial charge is 0.468 e. The lowest BCUT2D eigenvalue weighted by atomic mass is 10.0. The molecule has 0 amide bonds. The van der Waals surface area contributed by atoms with Crippen LogP contribution in [0.1, 0.15) is 11.6 Å². The van der Waals surface area contributed by atoms with Crippen molar-refractivity contribution in [3.63, 3.8) is 0 Å². The van der Waals surface area contributed by atoms with Crippen LogP contribution < -0.4 is 5.73 Å². The first kappa shape index (κ1) is 12.3. The maximum atomic E-state index is 11.3. The predicted octanol–water partition coefficient (Wildman–Crippen LogP) is 2.53. The van der Waals surface area contributed by atoms with E-state index in [9.17, 15) is 4.79 Å². The predicted molar refractivity (Wildman–Crippen MR) is 70.8 cm³/mol. The SMILES string of the molecule is COC(=O)[C@@H](N)c1ccc(-c2ccccc2)cc1. The molecule has 0 radical (unpaired) electrons. The highest BCUT2D eigenvalue weighted by atomic mass is 16.5. The van der Waals surface area contributed by atoms with Gasteiger partial charge in [0.1, 0.15) is 6.04 Å². The number of nitrogens with two attached hydrogens (primary N) is 1. The molecule has 1 atom stereocenters. The third-order valence-electron chi connectivity index (χ3n) is 2.83. The molecule has 0 aliphatic carbocycles. The van der Waals surface area contributed by atoms with E-state index in [1.807, 2.05) is 54.6 Å². The fourth-order valence-electron chi connectivity index (χ4n) is 1.78. The zero-order valence-corrected chi connectivity index (χ0v) is 10.2. The van der Waals surface area contributed by atoms with Gasteiger partial charge in [-0.2, -0.15) is 0 Å². The Balaban J connectivity index is 2.23. The quantitative estimate of drug-likeness (QED) is 0.840. The van der Waals surface area contributed by atoms with Crippen molar-refractivity contribution in [3.05, 3.63) is 60.2 Å². The molecule has 0 aliphatic heterocycles. The molecule has 0 aromatic heterocycles. The summed E-state index contributed by atoms with van der Waals surface area (Å²) in [5.74, 6) is -0.428. The van der Waals surface area contributed by atoms with Crippen molar-refractivity contribution in [1.82, 2.24) is 0 Å². The van der Waals surface area contributed by atoms with Crippen molar-refractivity contribution >= 4 is 5.97 Å². The minimum absolute atomic E-state index is 0.428. The Labute approximate surface area is 106 Å². The molecule has 0 saturated carbocycles. The van der Waals surface area contributed by atoms with E-state index in [1.165, 1.54) is 7.11 Å². The fraction of sp³-hybridized carbons (Fsp3) is 0.133. The van der Waals surface area contributed by atoms with Gasteiger partial charge < -0.3 is 10.5 Å². The van der Waals surface area contributed by atoms with Crippen LogP contribution in [0.2, 0.25) is 0 Å². The number of ether oxygens (including phenoxy) is 1. The van der Waals surface area contributed by atoms with Crippen LogP contribution in [-0.4, -0.2) is 13.1 Å². The lowest BCUT2D eigenvalue weighted by Gasteiger charge is -2.10. The fourth-order valence-corrected chi connectivity index (χ4v) is 1.78. The highest BCUT2D eigenvalue weighted by Gasteiger charge is 2.15. The summed E-state index contributed by atoms with van der Waals surface area (Å²) < 4.78 is 4.62. The second-order valence-corrected chi connectivity index (χ2v) is 3.99. The molecule has 0 unspecified atom stereocenters. The van der Waals surface area contributed by atoms with Gasteiger partial charge in [-0.25, -0.2) is 0 Å². The van der Waals surface area contributed by atoms with Crippen molar-refractivity contribution < 1.29 is 9.53 Å². The zero-order valence-electron chi connectivity index (χ0n) is 10.2. The summed E-state index contributed by atoms with van der Waals surface area (Å²) in [6.07, 6.45) is 0. The minimum atomic E-state index is -0.722. The summed E-state index contributed by atoms with van der Waals surface area (Å²) >= 11 is 0. The van der Waals surface area contributed by atoms with Gasteiger partial charge in [-0.15, -0.1) is 0 Å². The normalized spacial score (nSPS) is 11.9. The third kappa shape index (κ3) is 2.57. The van der Waals surface area contributed by atoms with E-state index in [0.29, 0.717) is 0 Å². The molecule has 2 N–H and O–H groups in total. The number of carbonyl (C=O) groups excluding carboxylic acids is 1. The van der Waals surface area contributed by atoms with E-state index in [1.54, 1.807) is 0 Å². The Morgan fingerprint density at radius 2 is 1.56 bits per heavy atom. The number of carbonyl (C=O) groups is 1. The van der Waals surface area contributed by atoms with Gasteiger partial charge in [0.2, 0.25) is 0 Å². The van der Waals surface area contributed by atoms with E-state index < -0.39 is 12.0 Å². The van der Waals surface area contributed by atoms with Crippen LogP contribution in [0, 0.1) is 0 Å². The van der Waals surface area contributed by atoms with Crippen molar-refractivity contribution in [1.29, 1.82) is 0 Å². The lowest BCUT2D eigenvalue weighted by molar-refractivity contribution is -0.142. The molecule has 0 aliphatic rings. The van der Waals surface area contributed by atoms with Crippen LogP contribution in [-0.2, 0) is 9.53 Å². The average Bonchev–Trinajstić information content (AvgIpc) is 2.47. The smallest absolute Gasteiger partial charge is 0.327 e. The van der Waals surface area contributed by atoms with Gasteiger partial charge in [-0.3, -0.25) is 4.79 Å². The Morgan fingerprint density at radius 1 is 1.00 bits per heavy atom. The number of hydrogen-bond acceptors (Lipinski definition) is 3. The Bertz CT molecular complexity index is 520. The Hall–Kier alpha value is -2.13. The summed E-state index contributed by atoms with van der Waals surface area (Å²) in [7, 11) is 1.33. The van der Waals surface area contributed by atoms with Gasteiger partial charge in [-0.05, 0) is 16.7 Å². The second kappa shape index (κ2) is 5.47. The van der Waals surface area contributed by atoms with Gasteiger partial charge in [0.25, 0.3) is 0 Å². The van der Waals surface area contributed by atoms with Gasteiger partial charge in [-0.1, -0.05) is 54.6 Å². The molecule has 0 fully saturated rings. The van der Waals surface area contributed by atoms with Gasteiger partial charge in [0, 0.05) is 0 Å². The molecule has 2 aromatic carbocycles. The maximum Gasteiger partial charge on any atom is 0.327 e. The first-order chi connectivity index (χ1) is 8.72. The van der Waals surface area contributed by atoms with E-state index in [0.717, 1.165) is 16.7 Å². The number of benzene rings is 2. The van der Waals surface area contributed by atoms with E-state index in [4.69, 9.17) is 5.73 Å². The highest BCUT2D eigenvalue weighted by Crippen LogP contribution is 2.21. The highest BCUT2D eigenvalue weighted by molar-refractivity contribution is 5.77. The molecular weight excluding hydrogens is 226 g/mol. The summed E-state index contributed by atoms with van der Waals surface area (Å²) in [6, 6.07) is 16.9. The van der Waals surface area contributed by atoms with Crippen LogP contribution in [0.25, 0.3) is 11.1 Å². The molecule has 0 heterocycles. The molecule has 0 bridgehead atoms. The van der Waals surface area contributed by atoms with Crippen molar-refractivity contribution in [2.24, 2.45) is 5.73 Å². The van der Waals surface area contributed by atoms with Crippen LogP contribution >= 0.6 is 0 Å². The van der Waals surface area contributed by atoms with Crippen molar-refractivity contribution in [3.8, 4) is 11.1 Å². The Morgan fingerprint density at radius 3 is 2.11 bits per heavy atom. The van der Waals surface area contributed by atoms with E-state index >= 15 is 0 Å². The second-order valence-electron chi connectivity index (χ2n) is 3.99. The zero-order chi connectivity index (χ0) is 13.0. The first-order valence-corrected chi connectivity index (χ1v) is 5.71. The minimum Gasteiger partial charge on any atom is -0.468 e. The number of rotatable bonds is 3. The maximum absolute atomic E-state index is 11.3. The van der Waals surface area contributed by atoms with Gasteiger partial charge in [0.05, 0.1) is 7.11 Å². The molecular formula is C15H15NO2. The molecule has 92 valence electrons. The van der Waals surface area contributed by atoms with Crippen molar-refractivity contribution in [2.75, 3.05) is 7.11 Å². The third-order valence-corrected chi connectivity index (χ3v) is 2.83. The molecule has 0 spiro atoms. The number of esters is 1. The molecule has 18 heavy (non-hydrogen) atoms. The monoisotopic (exact) mass is 241 g/mol. The molecule has 2 aromatic rings. The summed E-state index contributed by atoms with van der Waals surface area (Å²) in [5.41, 5.74) is 8.74. The van der Waals surface area contributed by atoms with Crippen molar-refractivity contribution in [2.45, 2.75) is 6.04 Å². The van der Waals surface area contributed by atoms with E-state index in [-0.39, 0.29) is 0 Å². The van der Waals surface area contributed by atoms with Crippen LogP contribution in [0.5, 0.6) is 0 Å². The lowest BCUT2D eigenvalue weighted by Crippen LogP contribution is -2.22. The first-order valence-electron chi connectivity index (χ1n) is 5.71. The van der Waals surface area contributed by atoms with Crippen LogP contribution in [0.4, 0.5) is 0 Å². The molecule has 3 nitrogen and oxygen atoms in total. The summed E-state index contributed by atoms with van der Waals surface area (Å²) in [4.78, 5) is 11.3. The molecule has 0 saturated heterocycles. The average molecular weight is 241 g/mol.